The molecule has 1 unspecified atom stereocenters. The summed E-state index contributed by atoms with van der Waals surface area (Å²) in [5.41, 5.74) is 1.06. The molecule has 0 spiro atoms. The van der Waals surface area contributed by atoms with Gasteiger partial charge in [0, 0.05) is 23.5 Å². The van der Waals surface area contributed by atoms with Gasteiger partial charge >= 0.3 is 0 Å². The number of methoxy groups -OCH3 is 2. The number of ether oxygens (including phenoxy) is 2. The molecule has 1 aliphatic heterocycles. The van der Waals surface area contributed by atoms with E-state index < -0.39 is 17.7 Å². The van der Waals surface area contributed by atoms with Crippen molar-refractivity contribution >= 4 is 34.7 Å². The van der Waals surface area contributed by atoms with Gasteiger partial charge in [-0.25, -0.2) is 0 Å². The monoisotopic (exact) mass is 450 g/mol. The molecule has 3 aromatic rings. The highest BCUT2D eigenvalue weighted by atomic mass is 35.5. The number of halogens is 1. The summed E-state index contributed by atoms with van der Waals surface area (Å²) in [4.78, 5) is 31.9. The van der Waals surface area contributed by atoms with Crippen molar-refractivity contribution in [2.45, 2.75) is 6.04 Å². The van der Waals surface area contributed by atoms with Crippen LogP contribution in [-0.2, 0) is 9.59 Å². The highest BCUT2D eigenvalue weighted by molar-refractivity contribution is 6.51. The summed E-state index contributed by atoms with van der Waals surface area (Å²) >= 11 is 6.21. The maximum absolute atomic E-state index is 13.1. The molecular weight excluding hydrogens is 432 g/mol. The SMILES string of the molecule is COc1cccc(N2C(=O)C(=O)/C(=C(/O)c3ccc(OC)c(Cl)c3)C2c2ccccn2)c1. The summed E-state index contributed by atoms with van der Waals surface area (Å²) in [6.07, 6.45) is 1.56. The van der Waals surface area contributed by atoms with Crippen molar-refractivity contribution in [1.29, 1.82) is 0 Å². The van der Waals surface area contributed by atoms with Crippen molar-refractivity contribution in [2.24, 2.45) is 0 Å². The zero-order valence-electron chi connectivity index (χ0n) is 17.3. The number of aliphatic hydroxyl groups excluding tert-OH is 1. The lowest BCUT2D eigenvalue weighted by atomic mass is 9.98. The van der Waals surface area contributed by atoms with E-state index in [0.29, 0.717) is 22.9 Å². The second-order valence-electron chi connectivity index (χ2n) is 6.97. The number of nitrogens with zero attached hydrogens (tertiary/aromatic N) is 2. The molecule has 0 radical (unpaired) electrons. The normalized spacial score (nSPS) is 17.5. The van der Waals surface area contributed by atoms with Crippen LogP contribution in [-0.4, -0.2) is 36.0 Å². The number of aromatic nitrogens is 1. The molecule has 32 heavy (non-hydrogen) atoms. The number of hydrogen-bond acceptors (Lipinski definition) is 6. The first-order valence-corrected chi connectivity index (χ1v) is 10.0. The standard InChI is InChI=1S/C24H19ClN2O5/c1-31-16-7-5-6-15(13-16)27-21(18-8-3-4-11-26-18)20(23(29)24(27)30)22(28)14-9-10-19(32-2)17(25)12-14/h3-13,21,28H,1-2H3/b22-20+. The smallest absolute Gasteiger partial charge is 0.300 e. The molecule has 7 nitrogen and oxygen atoms in total. The number of Topliss-reactive ketones (excluding diaryl/α,β-unsaturated/α-hetero) is 1. The number of rotatable bonds is 5. The minimum Gasteiger partial charge on any atom is -0.507 e. The molecule has 1 atom stereocenters. The van der Waals surface area contributed by atoms with Crippen LogP contribution in [0.3, 0.4) is 0 Å². The highest BCUT2D eigenvalue weighted by Gasteiger charge is 2.47. The van der Waals surface area contributed by atoms with Crippen LogP contribution in [0.5, 0.6) is 11.5 Å². The van der Waals surface area contributed by atoms with E-state index in [0.717, 1.165) is 0 Å². The minimum absolute atomic E-state index is 0.0854. The fraction of sp³-hybridized carbons (Fsp3) is 0.125. The maximum atomic E-state index is 13.1. The molecule has 1 saturated heterocycles. The molecule has 0 aliphatic carbocycles. The Labute approximate surface area is 189 Å². The van der Waals surface area contributed by atoms with E-state index in [1.165, 1.54) is 25.2 Å². The highest BCUT2D eigenvalue weighted by Crippen LogP contribution is 2.42. The molecule has 1 aromatic heterocycles. The van der Waals surface area contributed by atoms with E-state index in [9.17, 15) is 14.7 Å². The van der Waals surface area contributed by atoms with Gasteiger partial charge in [0.15, 0.2) is 0 Å². The summed E-state index contributed by atoms with van der Waals surface area (Å²) < 4.78 is 10.4. The van der Waals surface area contributed by atoms with Crippen molar-refractivity contribution in [3.05, 3.63) is 88.7 Å². The third kappa shape index (κ3) is 3.67. The second-order valence-corrected chi connectivity index (χ2v) is 7.38. The number of benzene rings is 2. The Hall–Kier alpha value is -3.84. The summed E-state index contributed by atoms with van der Waals surface area (Å²) in [6, 6.07) is 15.6. The number of carbonyl (C=O) groups excluding carboxylic acids is 2. The number of anilines is 1. The van der Waals surface area contributed by atoms with E-state index in [2.05, 4.69) is 4.98 Å². The van der Waals surface area contributed by atoms with Crippen LogP contribution in [0, 0.1) is 0 Å². The topological polar surface area (TPSA) is 89.0 Å². The van der Waals surface area contributed by atoms with Crippen LogP contribution in [0.4, 0.5) is 5.69 Å². The van der Waals surface area contributed by atoms with Gasteiger partial charge in [-0.05, 0) is 42.5 Å². The fourth-order valence-corrected chi connectivity index (χ4v) is 3.90. The predicted molar refractivity (Wildman–Crippen MR) is 120 cm³/mol. The quantitative estimate of drug-likeness (QED) is 0.352. The number of amides is 1. The number of ketones is 1. The van der Waals surface area contributed by atoms with Gasteiger partial charge < -0.3 is 14.6 Å². The zero-order chi connectivity index (χ0) is 22.8. The zero-order valence-corrected chi connectivity index (χ0v) is 18.0. The second kappa shape index (κ2) is 8.72. The van der Waals surface area contributed by atoms with Crippen molar-refractivity contribution in [2.75, 3.05) is 19.1 Å². The van der Waals surface area contributed by atoms with Crippen LogP contribution in [0.2, 0.25) is 5.02 Å². The fourth-order valence-electron chi connectivity index (χ4n) is 3.65. The van der Waals surface area contributed by atoms with Gasteiger partial charge in [-0.1, -0.05) is 23.7 Å². The molecule has 8 heteroatoms. The van der Waals surface area contributed by atoms with E-state index in [1.807, 2.05) is 0 Å². The summed E-state index contributed by atoms with van der Waals surface area (Å²) in [7, 11) is 2.98. The molecule has 1 amide bonds. The van der Waals surface area contributed by atoms with Gasteiger partial charge in [0.2, 0.25) is 0 Å². The largest absolute Gasteiger partial charge is 0.507 e. The summed E-state index contributed by atoms with van der Waals surface area (Å²) in [5, 5.41) is 11.4. The first kappa shape index (κ1) is 21.4. The Morgan fingerprint density at radius 3 is 2.50 bits per heavy atom. The van der Waals surface area contributed by atoms with Crippen LogP contribution >= 0.6 is 11.6 Å². The molecule has 1 aliphatic rings. The Balaban J connectivity index is 1.93. The van der Waals surface area contributed by atoms with Crippen LogP contribution in [0.15, 0.2) is 72.4 Å². The number of pyridine rings is 1. The van der Waals surface area contributed by atoms with Gasteiger partial charge in [-0.15, -0.1) is 0 Å². The third-order valence-corrected chi connectivity index (χ3v) is 5.46. The van der Waals surface area contributed by atoms with Gasteiger partial charge in [-0.3, -0.25) is 19.5 Å². The molecule has 1 N–H and O–H groups in total. The molecule has 0 saturated carbocycles. The predicted octanol–water partition coefficient (Wildman–Crippen LogP) is 4.38. The molecule has 0 bridgehead atoms. The minimum atomic E-state index is -0.941. The van der Waals surface area contributed by atoms with Crippen molar-refractivity contribution < 1.29 is 24.2 Å². The van der Waals surface area contributed by atoms with Gasteiger partial charge in [0.05, 0.1) is 30.5 Å². The Morgan fingerprint density at radius 2 is 1.84 bits per heavy atom. The Morgan fingerprint density at radius 1 is 1.03 bits per heavy atom. The average Bonchev–Trinajstić information content (AvgIpc) is 3.09. The molecule has 4 rings (SSSR count). The lowest BCUT2D eigenvalue weighted by Gasteiger charge is -2.25. The number of hydrogen-bond donors (Lipinski definition) is 1. The van der Waals surface area contributed by atoms with Crippen LogP contribution in [0.25, 0.3) is 5.76 Å². The first-order valence-electron chi connectivity index (χ1n) is 9.66. The molecular formula is C24H19ClN2O5. The van der Waals surface area contributed by atoms with Gasteiger partial charge in [0.25, 0.3) is 11.7 Å². The van der Waals surface area contributed by atoms with Crippen molar-refractivity contribution in [3.8, 4) is 11.5 Å². The van der Waals surface area contributed by atoms with Gasteiger partial charge in [0.1, 0.15) is 23.3 Å². The number of aliphatic hydroxyl groups is 1. The first-order chi connectivity index (χ1) is 15.5. The number of carbonyl (C=O) groups is 2. The Bertz CT molecular complexity index is 1230. The lowest BCUT2D eigenvalue weighted by Crippen LogP contribution is -2.29. The molecule has 162 valence electrons. The van der Waals surface area contributed by atoms with Crippen LogP contribution in [0.1, 0.15) is 17.3 Å². The maximum Gasteiger partial charge on any atom is 0.300 e. The molecule has 1 fully saturated rings. The summed E-state index contributed by atoms with van der Waals surface area (Å²) in [5.74, 6) is -1.02. The van der Waals surface area contributed by atoms with Crippen LogP contribution < -0.4 is 14.4 Å². The Kier molecular flexibility index (Phi) is 5.83. The molecule has 2 heterocycles. The van der Waals surface area contributed by atoms with E-state index in [4.69, 9.17) is 21.1 Å². The molecule has 2 aromatic carbocycles. The average molecular weight is 451 g/mol. The lowest BCUT2D eigenvalue weighted by molar-refractivity contribution is -0.132. The van der Waals surface area contributed by atoms with E-state index >= 15 is 0 Å². The van der Waals surface area contributed by atoms with E-state index in [-0.39, 0.29) is 21.9 Å². The van der Waals surface area contributed by atoms with E-state index in [1.54, 1.807) is 60.8 Å². The third-order valence-electron chi connectivity index (χ3n) is 5.17. The summed E-state index contributed by atoms with van der Waals surface area (Å²) in [6.45, 7) is 0. The van der Waals surface area contributed by atoms with Crippen molar-refractivity contribution in [1.82, 2.24) is 4.98 Å². The van der Waals surface area contributed by atoms with Crippen molar-refractivity contribution in [3.63, 3.8) is 0 Å². The van der Waals surface area contributed by atoms with Gasteiger partial charge in [-0.2, -0.15) is 0 Å².